The van der Waals surface area contributed by atoms with Crippen LogP contribution in [0.2, 0.25) is 5.02 Å². The summed E-state index contributed by atoms with van der Waals surface area (Å²) in [4.78, 5) is 11.1. The van der Waals surface area contributed by atoms with Gasteiger partial charge >= 0.3 is 5.97 Å². The Labute approximate surface area is 121 Å². The van der Waals surface area contributed by atoms with Gasteiger partial charge in [0.15, 0.2) is 0 Å². The van der Waals surface area contributed by atoms with Gasteiger partial charge < -0.3 is 5.11 Å². The van der Waals surface area contributed by atoms with Crippen LogP contribution in [0, 0.1) is 5.92 Å². The van der Waals surface area contributed by atoms with Crippen LogP contribution in [0.4, 0.5) is 0 Å². The molecule has 100 valence electrons. The molecule has 0 spiro atoms. The van der Waals surface area contributed by atoms with Crippen LogP contribution in [-0.4, -0.2) is 17.1 Å². The van der Waals surface area contributed by atoms with Crippen molar-refractivity contribution in [2.24, 2.45) is 5.92 Å². The minimum atomic E-state index is -0.843. The van der Waals surface area contributed by atoms with Crippen LogP contribution in [0.3, 0.4) is 0 Å². The van der Waals surface area contributed by atoms with Crippen molar-refractivity contribution < 1.29 is 9.90 Å². The molecule has 1 rings (SSSR count). The van der Waals surface area contributed by atoms with E-state index >= 15 is 0 Å². The monoisotopic (exact) mass is 333 g/mol. The Hall–Kier alpha value is -0.580. The Balaban J connectivity index is 2.87. The summed E-state index contributed by atoms with van der Waals surface area (Å²) in [7, 11) is 0. The lowest BCUT2D eigenvalue weighted by atomic mass is 10.0. The molecule has 2 N–H and O–H groups in total. The Morgan fingerprint density at radius 2 is 2.00 bits per heavy atom. The molecule has 0 aromatic heterocycles. The maximum atomic E-state index is 11.1. The molecule has 2 unspecified atom stereocenters. The minimum Gasteiger partial charge on any atom is -0.480 e. The summed E-state index contributed by atoms with van der Waals surface area (Å²) in [6.45, 7) is 5.66. The van der Waals surface area contributed by atoms with E-state index in [0.29, 0.717) is 5.02 Å². The lowest BCUT2D eigenvalue weighted by Crippen LogP contribution is -2.42. The summed E-state index contributed by atoms with van der Waals surface area (Å²) >= 11 is 9.49. The Bertz CT molecular complexity index is 437. The first-order valence-electron chi connectivity index (χ1n) is 5.76. The first kappa shape index (κ1) is 15.5. The number of benzene rings is 1. The molecule has 0 aliphatic heterocycles. The van der Waals surface area contributed by atoms with Gasteiger partial charge in [-0.15, -0.1) is 0 Å². The van der Waals surface area contributed by atoms with Crippen LogP contribution < -0.4 is 5.32 Å². The highest BCUT2D eigenvalue weighted by molar-refractivity contribution is 9.10. The highest BCUT2D eigenvalue weighted by atomic mass is 79.9. The van der Waals surface area contributed by atoms with Crippen molar-refractivity contribution in [3.63, 3.8) is 0 Å². The molecule has 1 aromatic carbocycles. The average molecular weight is 335 g/mol. The number of carbonyl (C=O) groups is 1. The highest BCUT2D eigenvalue weighted by Gasteiger charge is 2.24. The molecule has 3 nitrogen and oxygen atoms in total. The number of nitrogens with one attached hydrogen (secondary N) is 1. The summed E-state index contributed by atoms with van der Waals surface area (Å²) in [6.07, 6.45) is 0. The van der Waals surface area contributed by atoms with Crippen LogP contribution in [0.25, 0.3) is 0 Å². The summed E-state index contributed by atoms with van der Waals surface area (Å²) < 4.78 is 0.905. The topological polar surface area (TPSA) is 49.3 Å². The number of hydrogen-bond acceptors (Lipinski definition) is 2. The van der Waals surface area contributed by atoms with Crippen molar-refractivity contribution in [3.05, 3.63) is 33.3 Å². The molecule has 0 amide bonds. The van der Waals surface area contributed by atoms with Crippen molar-refractivity contribution >= 4 is 33.5 Å². The van der Waals surface area contributed by atoms with E-state index in [1.165, 1.54) is 0 Å². The largest absolute Gasteiger partial charge is 0.480 e. The van der Waals surface area contributed by atoms with Crippen molar-refractivity contribution in [3.8, 4) is 0 Å². The van der Waals surface area contributed by atoms with Crippen LogP contribution >= 0.6 is 27.5 Å². The quantitative estimate of drug-likeness (QED) is 0.859. The second kappa shape index (κ2) is 6.55. The fourth-order valence-electron chi connectivity index (χ4n) is 1.76. The molecule has 18 heavy (non-hydrogen) atoms. The first-order valence-corrected chi connectivity index (χ1v) is 6.93. The third kappa shape index (κ3) is 3.97. The Morgan fingerprint density at radius 3 is 2.44 bits per heavy atom. The minimum absolute atomic E-state index is 0.0131. The third-order valence-electron chi connectivity index (χ3n) is 2.79. The Kier molecular flexibility index (Phi) is 5.63. The SMILES string of the molecule is CC(NC(C(=O)O)C(C)C)c1ccc(Br)cc1Cl. The van der Waals surface area contributed by atoms with E-state index in [2.05, 4.69) is 21.2 Å². The molecule has 1 aromatic rings. The van der Waals surface area contributed by atoms with E-state index in [0.717, 1.165) is 10.0 Å². The fourth-order valence-corrected chi connectivity index (χ4v) is 2.60. The van der Waals surface area contributed by atoms with Gasteiger partial charge in [0.2, 0.25) is 0 Å². The zero-order valence-corrected chi connectivity index (χ0v) is 12.9. The van der Waals surface area contributed by atoms with Gasteiger partial charge in [-0.1, -0.05) is 47.4 Å². The summed E-state index contributed by atoms with van der Waals surface area (Å²) in [5, 5.41) is 12.9. The highest BCUT2D eigenvalue weighted by Crippen LogP contribution is 2.27. The average Bonchev–Trinajstić information content (AvgIpc) is 2.24. The zero-order valence-electron chi connectivity index (χ0n) is 10.6. The molecule has 0 heterocycles. The normalized spacial score (nSPS) is 14.6. The molecule has 0 bridgehead atoms. The van der Waals surface area contributed by atoms with Gasteiger partial charge in [0.25, 0.3) is 0 Å². The lowest BCUT2D eigenvalue weighted by Gasteiger charge is -2.23. The van der Waals surface area contributed by atoms with E-state index in [9.17, 15) is 4.79 Å². The number of carboxylic acids is 1. The van der Waals surface area contributed by atoms with Crippen LogP contribution in [-0.2, 0) is 4.79 Å². The van der Waals surface area contributed by atoms with Gasteiger partial charge in [-0.25, -0.2) is 0 Å². The first-order chi connectivity index (χ1) is 8.32. The molecule has 5 heteroatoms. The Morgan fingerprint density at radius 1 is 1.39 bits per heavy atom. The lowest BCUT2D eigenvalue weighted by molar-refractivity contribution is -0.140. The number of hydrogen-bond donors (Lipinski definition) is 2. The molecule has 0 fully saturated rings. The number of halogens is 2. The second-order valence-electron chi connectivity index (χ2n) is 4.61. The van der Waals surface area contributed by atoms with Gasteiger partial charge in [-0.3, -0.25) is 10.1 Å². The summed E-state index contributed by atoms with van der Waals surface area (Å²) in [5.74, 6) is -0.829. The molecular weight excluding hydrogens is 318 g/mol. The maximum absolute atomic E-state index is 11.1. The van der Waals surface area contributed by atoms with Gasteiger partial charge in [-0.05, 0) is 30.5 Å². The van der Waals surface area contributed by atoms with E-state index < -0.39 is 12.0 Å². The molecule has 0 radical (unpaired) electrons. The number of aliphatic carboxylic acids is 1. The van der Waals surface area contributed by atoms with Crippen molar-refractivity contribution in [1.29, 1.82) is 0 Å². The standard InChI is InChI=1S/C13H17BrClNO2/c1-7(2)12(13(17)18)16-8(3)10-5-4-9(14)6-11(10)15/h4-8,12,16H,1-3H3,(H,17,18). The summed E-state index contributed by atoms with van der Waals surface area (Å²) in [5.41, 5.74) is 0.895. The van der Waals surface area contributed by atoms with Gasteiger partial charge in [-0.2, -0.15) is 0 Å². The van der Waals surface area contributed by atoms with Crippen molar-refractivity contribution in [1.82, 2.24) is 5.32 Å². The second-order valence-corrected chi connectivity index (χ2v) is 5.94. The van der Waals surface area contributed by atoms with Gasteiger partial charge in [0.1, 0.15) is 6.04 Å². The predicted octanol–water partition coefficient (Wildman–Crippen LogP) is 3.86. The van der Waals surface area contributed by atoms with Gasteiger partial charge in [0.05, 0.1) is 0 Å². The van der Waals surface area contributed by atoms with E-state index in [1.807, 2.05) is 32.9 Å². The molecule has 0 saturated heterocycles. The number of rotatable bonds is 5. The van der Waals surface area contributed by atoms with Crippen molar-refractivity contribution in [2.45, 2.75) is 32.9 Å². The predicted molar refractivity (Wildman–Crippen MR) is 77.0 cm³/mol. The molecule has 2 atom stereocenters. The van der Waals surface area contributed by atoms with Crippen LogP contribution in [0.15, 0.2) is 22.7 Å². The molecule has 0 aliphatic carbocycles. The third-order valence-corrected chi connectivity index (χ3v) is 3.61. The molecule has 0 saturated carbocycles. The van der Waals surface area contributed by atoms with E-state index in [1.54, 1.807) is 6.07 Å². The van der Waals surface area contributed by atoms with Crippen LogP contribution in [0.5, 0.6) is 0 Å². The van der Waals surface area contributed by atoms with Crippen LogP contribution in [0.1, 0.15) is 32.4 Å². The zero-order chi connectivity index (χ0) is 13.9. The van der Waals surface area contributed by atoms with E-state index in [-0.39, 0.29) is 12.0 Å². The maximum Gasteiger partial charge on any atom is 0.320 e. The van der Waals surface area contributed by atoms with Gasteiger partial charge in [0, 0.05) is 15.5 Å². The molecule has 0 aliphatic rings. The number of carboxylic acid groups (broad SMARTS) is 1. The van der Waals surface area contributed by atoms with Crippen molar-refractivity contribution in [2.75, 3.05) is 0 Å². The fraction of sp³-hybridized carbons (Fsp3) is 0.462. The summed E-state index contributed by atoms with van der Waals surface area (Å²) in [6, 6.07) is 4.89. The van der Waals surface area contributed by atoms with E-state index in [4.69, 9.17) is 16.7 Å². The molecular formula is C13H17BrClNO2. The smallest absolute Gasteiger partial charge is 0.320 e.